The van der Waals surface area contributed by atoms with Crippen LogP contribution in [0.4, 0.5) is 11.4 Å². The smallest absolute Gasteiger partial charge is 0.228 e. The Morgan fingerprint density at radius 2 is 1.95 bits per heavy atom. The second kappa shape index (κ2) is 4.91. The number of carbonyl (C=O) groups is 1. The zero-order valence-corrected chi connectivity index (χ0v) is 9.69. The number of nitrogens with one attached hydrogen (secondary N) is 2. The van der Waals surface area contributed by atoms with Gasteiger partial charge in [-0.05, 0) is 12.1 Å². The fourth-order valence-electron chi connectivity index (χ4n) is 1.78. The molecule has 0 radical (unpaired) electrons. The van der Waals surface area contributed by atoms with Crippen LogP contribution in [0.1, 0.15) is 5.56 Å². The summed E-state index contributed by atoms with van der Waals surface area (Å²) in [6, 6.07) is 10.2. The molecule has 0 aromatic heterocycles. The van der Waals surface area contributed by atoms with Crippen LogP contribution in [0.5, 0.6) is 0 Å². The highest BCUT2D eigenvalue weighted by Crippen LogP contribution is 2.30. The molecule has 0 bridgehead atoms. The van der Waals surface area contributed by atoms with Crippen molar-refractivity contribution in [2.45, 2.75) is 6.42 Å². The van der Waals surface area contributed by atoms with E-state index in [0.29, 0.717) is 11.4 Å². The van der Waals surface area contributed by atoms with E-state index in [-0.39, 0.29) is 23.6 Å². The van der Waals surface area contributed by atoms with Crippen molar-refractivity contribution in [1.29, 1.82) is 15.8 Å². The average Bonchev–Trinajstić information content (AvgIpc) is 2.80. The standard InChI is InChI=1S/C13H7N5O/c14-5-8(6-15)12(7-16)17-10-2-1-3-11-9(10)4-13(19)18-11/h1-3,17H,4H2,(H,18,19). The maximum Gasteiger partial charge on any atom is 0.228 e. The Morgan fingerprint density at radius 1 is 1.21 bits per heavy atom. The first-order valence-electron chi connectivity index (χ1n) is 5.33. The van der Waals surface area contributed by atoms with E-state index in [0.717, 1.165) is 5.56 Å². The zero-order chi connectivity index (χ0) is 13.8. The average molecular weight is 249 g/mol. The maximum absolute atomic E-state index is 11.3. The number of allylic oxidation sites excluding steroid dienone is 2. The zero-order valence-electron chi connectivity index (χ0n) is 9.69. The van der Waals surface area contributed by atoms with Gasteiger partial charge in [0.05, 0.1) is 6.42 Å². The van der Waals surface area contributed by atoms with Crippen LogP contribution in [0.25, 0.3) is 0 Å². The lowest BCUT2D eigenvalue weighted by Gasteiger charge is -2.08. The van der Waals surface area contributed by atoms with E-state index in [1.165, 1.54) is 0 Å². The summed E-state index contributed by atoms with van der Waals surface area (Å²) < 4.78 is 0. The van der Waals surface area contributed by atoms with Gasteiger partial charge in [-0.2, -0.15) is 15.8 Å². The molecule has 6 heteroatoms. The van der Waals surface area contributed by atoms with Gasteiger partial charge in [0, 0.05) is 16.9 Å². The van der Waals surface area contributed by atoms with E-state index in [4.69, 9.17) is 15.8 Å². The Kier molecular flexibility index (Phi) is 3.14. The maximum atomic E-state index is 11.3. The lowest BCUT2D eigenvalue weighted by atomic mass is 10.1. The van der Waals surface area contributed by atoms with E-state index in [1.807, 2.05) is 0 Å². The van der Waals surface area contributed by atoms with Crippen LogP contribution < -0.4 is 10.6 Å². The highest BCUT2D eigenvalue weighted by Gasteiger charge is 2.21. The number of nitrogens with zero attached hydrogens (tertiary/aromatic N) is 3. The molecule has 90 valence electrons. The summed E-state index contributed by atoms with van der Waals surface area (Å²) in [6.07, 6.45) is 0.200. The molecular weight excluding hydrogens is 242 g/mol. The van der Waals surface area contributed by atoms with Gasteiger partial charge in [0.1, 0.15) is 23.9 Å². The number of nitriles is 3. The Labute approximate surface area is 109 Å². The molecule has 0 aliphatic carbocycles. The van der Waals surface area contributed by atoms with Gasteiger partial charge in [-0.1, -0.05) is 6.07 Å². The molecule has 19 heavy (non-hydrogen) atoms. The quantitative estimate of drug-likeness (QED) is 0.769. The van der Waals surface area contributed by atoms with E-state index in [9.17, 15) is 4.79 Å². The molecule has 1 heterocycles. The van der Waals surface area contributed by atoms with E-state index in [2.05, 4.69) is 10.6 Å². The minimum Gasteiger partial charge on any atom is -0.345 e. The predicted octanol–water partition coefficient (Wildman–Crippen LogP) is 1.42. The number of carbonyl (C=O) groups excluding carboxylic acids is 1. The third kappa shape index (κ3) is 2.22. The highest BCUT2D eigenvalue weighted by molar-refractivity contribution is 6.01. The molecular formula is C13H7N5O. The highest BCUT2D eigenvalue weighted by atomic mass is 16.1. The third-order valence-electron chi connectivity index (χ3n) is 2.63. The molecule has 6 nitrogen and oxygen atoms in total. The van der Waals surface area contributed by atoms with Crippen molar-refractivity contribution >= 4 is 17.3 Å². The first kappa shape index (κ1) is 12.2. The van der Waals surface area contributed by atoms with Gasteiger partial charge in [-0.15, -0.1) is 0 Å². The minimum atomic E-state index is -0.294. The topological polar surface area (TPSA) is 112 Å². The molecule has 0 spiro atoms. The molecule has 0 unspecified atom stereocenters. The van der Waals surface area contributed by atoms with Crippen LogP contribution in [0.15, 0.2) is 29.5 Å². The molecule has 1 aromatic rings. The van der Waals surface area contributed by atoms with Crippen molar-refractivity contribution in [1.82, 2.24) is 0 Å². The SMILES string of the molecule is N#CC(C#N)=C(C#N)Nc1cccc2c1CC(=O)N2. The number of amides is 1. The first-order chi connectivity index (χ1) is 9.19. The van der Waals surface area contributed by atoms with Crippen LogP contribution in [0.3, 0.4) is 0 Å². The Balaban J connectivity index is 2.43. The molecule has 0 fully saturated rings. The molecule has 2 N–H and O–H groups in total. The first-order valence-corrected chi connectivity index (χ1v) is 5.33. The summed E-state index contributed by atoms with van der Waals surface area (Å²) in [4.78, 5) is 11.3. The van der Waals surface area contributed by atoms with E-state index < -0.39 is 0 Å². The van der Waals surface area contributed by atoms with Gasteiger partial charge in [0.15, 0.2) is 5.57 Å². The molecule has 1 aromatic carbocycles. The van der Waals surface area contributed by atoms with Gasteiger partial charge in [0.25, 0.3) is 0 Å². The van der Waals surface area contributed by atoms with Crippen LogP contribution in [-0.4, -0.2) is 5.91 Å². The Hall–Kier alpha value is -3.30. The monoisotopic (exact) mass is 249 g/mol. The lowest BCUT2D eigenvalue weighted by Crippen LogP contribution is -2.04. The van der Waals surface area contributed by atoms with Crippen molar-refractivity contribution in [2.75, 3.05) is 10.6 Å². The number of hydrogen-bond donors (Lipinski definition) is 2. The number of anilines is 2. The molecule has 1 amide bonds. The number of fused-ring (bicyclic) bond motifs is 1. The van der Waals surface area contributed by atoms with Crippen molar-refractivity contribution in [3.8, 4) is 18.2 Å². The number of rotatable bonds is 2. The summed E-state index contributed by atoms with van der Waals surface area (Å²) in [5.41, 5.74) is 1.50. The number of benzene rings is 1. The predicted molar refractivity (Wildman–Crippen MR) is 66.3 cm³/mol. The third-order valence-corrected chi connectivity index (χ3v) is 2.63. The van der Waals surface area contributed by atoms with E-state index >= 15 is 0 Å². The van der Waals surface area contributed by atoms with Crippen LogP contribution >= 0.6 is 0 Å². The fraction of sp³-hybridized carbons (Fsp3) is 0.0769. The summed E-state index contributed by atoms with van der Waals surface area (Å²) in [5, 5.41) is 31.9. The van der Waals surface area contributed by atoms with Crippen molar-refractivity contribution in [2.24, 2.45) is 0 Å². The molecule has 1 aliphatic heterocycles. The molecule has 1 aliphatic rings. The van der Waals surface area contributed by atoms with Gasteiger partial charge < -0.3 is 10.6 Å². The Morgan fingerprint density at radius 3 is 2.58 bits per heavy atom. The van der Waals surface area contributed by atoms with Gasteiger partial charge >= 0.3 is 0 Å². The largest absolute Gasteiger partial charge is 0.345 e. The van der Waals surface area contributed by atoms with Crippen LogP contribution in [-0.2, 0) is 11.2 Å². The van der Waals surface area contributed by atoms with Crippen molar-refractivity contribution in [3.05, 3.63) is 35.0 Å². The summed E-state index contributed by atoms with van der Waals surface area (Å²) in [5.74, 6) is -0.132. The Bertz CT molecular complexity index is 696. The van der Waals surface area contributed by atoms with Gasteiger partial charge in [-0.3, -0.25) is 4.79 Å². The molecule has 0 saturated heterocycles. The van der Waals surface area contributed by atoms with Gasteiger partial charge in [-0.25, -0.2) is 0 Å². The molecule has 0 atom stereocenters. The van der Waals surface area contributed by atoms with Gasteiger partial charge in [0.2, 0.25) is 5.91 Å². The summed E-state index contributed by atoms with van der Waals surface area (Å²) in [7, 11) is 0. The second-order valence-electron chi connectivity index (χ2n) is 3.77. The van der Waals surface area contributed by atoms with Crippen molar-refractivity contribution < 1.29 is 4.79 Å². The number of hydrogen-bond acceptors (Lipinski definition) is 5. The van der Waals surface area contributed by atoms with E-state index in [1.54, 1.807) is 36.4 Å². The van der Waals surface area contributed by atoms with Crippen LogP contribution in [0, 0.1) is 34.0 Å². The molecule has 0 saturated carbocycles. The normalized spacial score (nSPS) is 11.3. The summed E-state index contributed by atoms with van der Waals surface area (Å²) in [6.45, 7) is 0. The fourth-order valence-corrected chi connectivity index (χ4v) is 1.78. The van der Waals surface area contributed by atoms with Crippen LogP contribution in [0.2, 0.25) is 0 Å². The molecule has 2 rings (SSSR count). The lowest BCUT2D eigenvalue weighted by molar-refractivity contribution is -0.115. The minimum absolute atomic E-state index is 0.127. The second-order valence-corrected chi connectivity index (χ2v) is 3.77. The van der Waals surface area contributed by atoms with Crippen molar-refractivity contribution in [3.63, 3.8) is 0 Å². The summed E-state index contributed by atoms with van der Waals surface area (Å²) >= 11 is 0.